The molecular weight excluding hydrogens is 351 g/mol. The monoisotopic (exact) mass is 358 g/mol. The number of methoxy groups -OCH3 is 1. The lowest BCUT2D eigenvalue weighted by molar-refractivity contribution is -0.135. The average molecular weight is 360 g/mol. The number of carbonyl (C=O) groups is 2. The molecule has 0 heterocycles. The van der Waals surface area contributed by atoms with Gasteiger partial charge in [-0.15, -0.1) is 0 Å². The molecule has 2 aromatic carbocycles. The standard InChI is InChI=1S/C15H9Cl3O4/c1-21-15(20)14(19)10-4-3-9(7-11(10)17)22-13-5-2-8(16)6-12(13)18/h2-7H,1H3. The first kappa shape index (κ1) is 16.6. The van der Waals surface area contributed by atoms with Gasteiger partial charge in [-0.25, -0.2) is 4.79 Å². The zero-order valence-corrected chi connectivity index (χ0v) is 13.5. The zero-order chi connectivity index (χ0) is 16.3. The van der Waals surface area contributed by atoms with Crippen LogP contribution in [0.4, 0.5) is 0 Å². The van der Waals surface area contributed by atoms with E-state index in [0.717, 1.165) is 7.11 Å². The van der Waals surface area contributed by atoms with Crippen LogP contribution in [0.1, 0.15) is 10.4 Å². The Morgan fingerprint density at radius 3 is 2.27 bits per heavy atom. The molecule has 7 heteroatoms. The van der Waals surface area contributed by atoms with Crippen molar-refractivity contribution in [2.45, 2.75) is 0 Å². The number of hydrogen-bond acceptors (Lipinski definition) is 4. The van der Waals surface area contributed by atoms with Gasteiger partial charge in [-0.3, -0.25) is 4.79 Å². The fourth-order valence-electron chi connectivity index (χ4n) is 1.63. The molecule has 0 aliphatic carbocycles. The van der Waals surface area contributed by atoms with Crippen molar-refractivity contribution < 1.29 is 19.1 Å². The van der Waals surface area contributed by atoms with E-state index in [1.54, 1.807) is 12.1 Å². The Balaban J connectivity index is 2.26. The van der Waals surface area contributed by atoms with Crippen molar-refractivity contribution in [1.29, 1.82) is 0 Å². The van der Waals surface area contributed by atoms with Crippen molar-refractivity contribution in [1.82, 2.24) is 0 Å². The van der Waals surface area contributed by atoms with Gasteiger partial charge in [0.05, 0.1) is 17.2 Å². The van der Waals surface area contributed by atoms with Crippen LogP contribution >= 0.6 is 34.8 Å². The van der Waals surface area contributed by atoms with E-state index in [1.165, 1.54) is 24.3 Å². The van der Waals surface area contributed by atoms with E-state index in [0.29, 0.717) is 21.5 Å². The highest BCUT2D eigenvalue weighted by Gasteiger charge is 2.20. The molecule has 0 saturated carbocycles. The predicted molar refractivity (Wildman–Crippen MR) is 84.3 cm³/mol. The van der Waals surface area contributed by atoms with Gasteiger partial charge in [0.2, 0.25) is 0 Å². The summed E-state index contributed by atoms with van der Waals surface area (Å²) >= 11 is 17.8. The number of halogens is 3. The highest BCUT2D eigenvalue weighted by molar-refractivity contribution is 6.45. The molecule has 22 heavy (non-hydrogen) atoms. The zero-order valence-electron chi connectivity index (χ0n) is 11.2. The Bertz CT molecular complexity index is 744. The summed E-state index contributed by atoms with van der Waals surface area (Å²) in [5, 5.41) is 0.880. The maximum absolute atomic E-state index is 11.7. The lowest BCUT2D eigenvalue weighted by atomic mass is 10.1. The van der Waals surface area contributed by atoms with Crippen molar-refractivity contribution in [3.05, 3.63) is 57.0 Å². The van der Waals surface area contributed by atoms with Gasteiger partial charge in [0.15, 0.2) is 0 Å². The SMILES string of the molecule is COC(=O)C(=O)c1ccc(Oc2ccc(Cl)cc2Cl)cc1Cl. The lowest BCUT2D eigenvalue weighted by Crippen LogP contribution is -2.16. The first-order valence-electron chi connectivity index (χ1n) is 5.97. The van der Waals surface area contributed by atoms with Crippen molar-refractivity contribution in [2.24, 2.45) is 0 Å². The number of benzene rings is 2. The summed E-state index contributed by atoms with van der Waals surface area (Å²) in [7, 11) is 1.12. The van der Waals surface area contributed by atoms with Gasteiger partial charge in [-0.1, -0.05) is 34.8 Å². The van der Waals surface area contributed by atoms with E-state index >= 15 is 0 Å². The molecule has 0 fully saturated rings. The number of esters is 1. The molecule has 0 N–H and O–H groups in total. The number of rotatable bonds is 4. The van der Waals surface area contributed by atoms with Gasteiger partial charge >= 0.3 is 5.97 Å². The Morgan fingerprint density at radius 1 is 0.955 bits per heavy atom. The second-order valence-corrected chi connectivity index (χ2v) is 5.39. The highest BCUT2D eigenvalue weighted by atomic mass is 35.5. The summed E-state index contributed by atoms with van der Waals surface area (Å²) in [6.45, 7) is 0. The van der Waals surface area contributed by atoms with E-state index in [2.05, 4.69) is 4.74 Å². The van der Waals surface area contributed by atoms with Crippen LogP contribution in [-0.2, 0) is 9.53 Å². The fraction of sp³-hybridized carbons (Fsp3) is 0.0667. The maximum Gasteiger partial charge on any atom is 0.379 e. The number of ether oxygens (including phenoxy) is 2. The van der Waals surface area contributed by atoms with Crippen LogP contribution in [0.2, 0.25) is 15.1 Å². The normalized spacial score (nSPS) is 10.2. The molecule has 0 aliphatic heterocycles. The average Bonchev–Trinajstić information content (AvgIpc) is 2.49. The van der Waals surface area contributed by atoms with Crippen molar-refractivity contribution in [3.63, 3.8) is 0 Å². The molecular formula is C15H9Cl3O4. The van der Waals surface area contributed by atoms with E-state index in [1.807, 2.05) is 0 Å². The van der Waals surface area contributed by atoms with E-state index in [-0.39, 0.29) is 10.6 Å². The van der Waals surface area contributed by atoms with Crippen LogP contribution in [0.25, 0.3) is 0 Å². The minimum Gasteiger partial charge on any atom is -0.463 e. The lowest BCUT2D eigenvalue weighted by Gasteiger charge is -2.09. The minimum absolute atomic E-state index is 0.0306. The Labute approximate surface area is 141 Å². The third-order valence-electron chi connectivity index (χ3n) is 2.68. The third kappa shape index (κ3) is 3.71. The molecule has 0 amide bonds. The molecule has 0 spiro atoms. The molecule has 4 nitrogen and oxygen atoms in total. The van der Waals surface area contributed by atoms with Crippen LogP contribution in [0, 0.1) is 0 Å². The molecule has 0 saturated heterocycles. The Kier molecular flexibility index (Phi) is 5.29. The molecule has 2 rings (SSSR count). The Hall–Kier alpha value is -1.75. The first-order valence-corrected chi connectivity index (χ1v) is 7.11. The predicted octanol–water partition coefficient (Wildman–Crippen LogP) is 4.79. The maximum atomic E-state index is 11.7. The molecule has 0 unspecified atom stereocenters. The third-order valence-corrected chi connectivity index (χ3v) is 3.52. The highest BCUT2D eigenvalue weighted by Crippen LogP contribution is 2.33. The quantitative estimate of drug-likeness (QED) is 0.447. The Morgan fingerprint density at radius 2 is 1.68 bits per heavy atom. The summed E-state index contributed by atoms with van der Waals surface area (Å²) < 4.78 is 9.93. The van der Waals surface area contributed by atoms with Crippen molar-refractivity contribution >= 4 is 46.6 Å². The first-order chi connectivity index (χ1) is 10.4. The molecule has 114 valence electrons. The minimum atomic E-state index is -0.990. The van der Waals surface area contributed by atoms with E-state index in [4.69, 9.17) is 39.5 Å². The van der Waals surface area contributed by atoms with Gasteiger partial charge in [-0.05, 0) is 30.3 Å². The van der Waals surface area contributed by atoms with Crippen LogP contribution < -0.4 is 4.74 Å². The summed E-state index contributed by atoms with van der Waals surface area (Å²) in [5.41, 5.74) is 0.0306. The molecule has 0 atom stereocenters. The van der Waals surface area contributed by atoms with Crippen LogP contribution in [-0.4, -0.2) is 18.9 Å². The number of hydrogen-bond donors (Lipinski definition) is 0. The smallest absolute Gasteiger partial charge is 0.379 e. The van der Waals surface area contributed by atoms with Crippen LogP contribution in [0.5, 0.6) is 11.5 Å². The molecule has 0 aliphatic rings. The van der Waals surface area contributed by atoms with Gasteiger partial charge < -0.3 is 9.47 Å². The van der Waals surface area contributed by atoms with Gasteiger partial charge in [0, 0.05) is 16.7 Å². The molecule has 0 bridgehead atoms. The van der Waals surface area contributed by atoms with Gasteiger partial charge in [0.1, 0.15) is 11.5 Å². The van der Waals surface area contributed by atoms with Crippen LogP contribution in [0.3, 0.4) is 0 Å². The summed E-state index contributed by atoms with van der Waals surface area (Å²) in [6.07, 6.45) is 0. The number of carbonyl (C=O) groups excluding carboxylic acids is 2. The van der Waals surface area contributed by atoms with Crippen molar-refractivity contribution in [2.75, 3.05) is 7.11 Å². The van der Waals surface area contributed by atoms with Crippen molar-refractivity contribution in [3.8, 4) is 11.5 Å². The summed E-state index contributed by atoms with van der Waals surface area (Å²) in [5.74, 6) is -1.08. The van der Waals surface area contributed by atoms with Gasteiger partial charge in [0.25, 0.3) is 5.78 Å². The molecule has 2 aromatic rings. The van der Waals surface area contributed by atoms with E-state index < -0.39 is 11.8 Å². The summed E-state index contributed by atoms with van der Waals surface area (Å²) in [4.78, 5) is 22.9. The largest absolute Gasteiger partial charge is 0.463 e. The number of ketones is 1. The topological polar surface area (TPSA) is 52.6 Å². The number of Topliss-reactive ketones (excluding diaryl/α,β-unsaturated/α-hetero) is 1. The van der Waals surface area contributed by atoms with Gasteiger partial charge in [-0.2, -0.15) is 0 Å². The van der Waals surface area contributed by atoms with Crippen LogP contribution in [0.15, 0.2) is 36.4 Å². The molecule has 0 aromatic heterocycles. The second-order valence-electron chi connectivity index (χ2n) is 4.14. The second kappa shape index (κ2) is 7.01. The fourth-order valence-corrected chi connectivity index (χ4v) is 2.33. The van der Waals surface area contributed by atoms with E-state index in [9.17, 15) is 9.59 Å². The summed E-state index contributed by atoms with van der Waals surface area (Å²) in [6, 6.07) is 9.04. The molecule has 0 radical (unpaired) electrons.